The average Bonchev–Trinajstić information content (AvgIpc) is 2.86. The van der Waals surface area contributed by atoms with Gasteiger partial charge in [-0.1, -0.05) is 18.6 Å². The number of benzene rings is 1. The van der Waals surface area contributed by atoms with Gasteiger partial charge in [-0.2, -0.15) is 0 Å². The van der Waals surface area contributed by atoms with Crippen molar-refractivity contribution in [3.05, 3.63) is 35.5 Å². The van der Waals surface area contributed by atoms with Crippen molar-refractivity contribution >= 4 is 10.9 Å². The lowest BCUT2D eigenvalue weighted by atomic mass is 9.98. The number of aryl methyl sites for hydroxylation is 2. The molecule has 0 amide bonds. The van der Waals surface area contributed by atoms with Gasteiger partial charge in [0.15, 0.2) is 0 Å². The quantitative estimate of drug-likeness (QED) is 0.855. The van der Waals surface area contributed by atoms with Crippen LogP contribution in [0.1, 0.15) is 37.3 Å². The zero-order chi connectivity index (χ0) is 15.4. The van der Waals surface area contributed by atoms with Crippen molar-refractivity contribution in [2.45, 2.75) is 46.2 Å². The minimum Gasteiger partial charge on any atom is -0.347 e. The molecule has 1 fully saturated rings. The van der Waals surface area contributed by atoms with Gasteiger partial charge in [0.1, 0.15) is 0 Å². The van der Waals surface area contributed by atoms with Gasteiger partial charge in [0.05, 0.1) is 0 Å². The Balaban J connectivity index is 1.70. The molecule has 2 N–H and O–H groups in total. The molecular formula is C19H29N3. The van der Waals surface area contributed by atoms with Crippen LogP contribution in [-0.2, 0) is 13.1 Å². The molecule has 1 aliphatic heterocycles. The second-order valence-corrected chi connectivity index (χ2v) is 6.69. The van der Waals surface area contributed by atoms with E-state index in [-0.39, 0.29) is 0 Å². The molecule has 0 atom stereocenters. The summed E-state index contributed by atoms with van der Waals surface area (Å²) >= 11 is 0. The van der Waals surface area contributed by atoms with Gasteiger partial charge in [0, 0.05) is 30.2 Å². The van der Waals surface area contributed by atoms with Gasteiger partial charge >= 0.3 is 0 Å². The highest BCUT2D eigenvalue weighted by molar-refractivity contribution is 5.84. The molecular weight excluding hydrogens is 270 g/mol. The fourth-order valence-corrected chi connectivity index (χ4v) is 3.55. The number of hydrogen-bond donors (Lipinski definition) is 2. The summed E-state index contributed by atoms with van der Waals surface area (Å²) in [5, 5.41) is 8.56. The van der Waals surface area contributed by atoms with Gasteiger partial charge in [-0.15, -0.1) is 0 Å². The zero-order valence-corrected chi connectivity index (χ0v) is 14.0. The summed E-state index contributed by atoms with van der Waals surface area (Å²) in [5.74, 6) is 0.840. The molecule has 120 valence electrons. The van der Waals surface area contributed by atoms with Crippen LogP contribution in [-0.4, -0.2) is 24.2 Å². The minimum atomic E-state index is 0.840. The van der Waals surface area contributed by atoms with E-state index >= 15 is 0 Å². The third-order valence-electron chi connectivity index (χ3n) is 4.79. The molecule has 3 heteroatoms. The first-order valence-electron chi connectivity index (χ1n) is 8.77. The van der Waals surface area contributed by atoms with Crippen LogP contribution in [0, 0.1) is 12.8 Å². The summed E-state index contributed by atoms with van der Waals surface area (Å²) in [7, 11) is 0. The Labute approximate surface area is 134 Å². The second kappa shape index (κ2) is 7.30. The lowest BCUT2D eigenvalue weighted by molar-refractivity contribution is 0.356. The molecule has 0 unspecified atom stereocenters. The summed E-state index contributed by atoms with van der Waals surface area (Å²) in [4.78, 5) is 0. The molecule has 1 aromatic carbocycles. The van der Waals surface area contributed by atoms with Crippen molar-refractivity contribution in [2.75, 3.05) is 19.6 Å². The molecule has 0 saturated carbocycles. The van der Waals surface area contributed by atoms with Crippen molar-refractivity contribution in [1.29, 1.82) is 0 Å². The summed E-state index contributed by atoms with van der Waals surface area (Å²) < 4.78 is 2.41. The molecule has 0 aliphatic carbocycles. The highest BCUT2D eigenvalue weighted by atomic mass is 15.0. The SMILES string of the molecule is CCCn1cc(CNCC2CCNCC2)c2cc(C)ccc21. The molecule has 1 saturated heterocycles. The topological polar surface area (TPSA) is 29.0 Å². The third-order valence-corrected chi connectivity index (χ3v) is 4.79. The molecule has 1 aliphatic rings. The summed E-state index contributed by atoms with van der Waals surface area (Å²) in [6, 6.07) is 6.83. The highest BCUT2D eigenvalue weighted by Crippen LogP contribution is 2.23. The molecule has 0 bridgehead atoms. The molecule has 22 heavy (non-hydrogen) atoms. The monoisotopic (exact) mass is 299 g/mol. The fourth-order valence-electron chi connectivity index (χ4n) is 3.55. The predicted octanol–water partition coefficient (Wildman–Crippen LogP) is 3.45. The van der Waals surface area contributed by atoms with Gasteiger partial charge in [-0.25, -0.2) is 0 Å². The van der Waals surface area contributed by atoms with E-state index in [9.17, 15) is 0 Å². The number of aromatic nitrogens is 1. The predicted molar refractivity (Wildman–Crippen MR) is 94.3 cm³/mol. The molecule has 1 aromatic heterocycles. The third kappa shape index (κ3) is 3.53. The van der Waals surface area contributed by atoms with E-state index in [4.69, 9.17) is 0 Å². The number of fused-ring (bicyclic) bond motifs is 1. The Kier molecular flexibility index (Phi) is 5.16. The van der Waals surface area contributed by atoms with Crippen molar-refractivity contribution in [3.8, 4) is 0 Å². The first-order chi connectivity index (χ1) is 10.8. The van der Waals surface area contributed by atoms with E-state index in [0.717, 1.165) is 25.6 Å². The Morgan fingerprint density at radius 3 is 2.86 bits per heavy atom. The zero-order valence-electron chi connectivity index (χ0n) is 14.0. The molecule has 2 aromatic rings. The van der Waals surface area contributed by atoms with E-state index in [1.807, 2.05) is 0 Å². The highest BCUT2D eigenvalue weighted by Gasteiger charge is 2.13. The molecule has 3 nitrogen and oxygen atoms in total. The second-order valence-electron chi connectivity index (χ2n) is 6.69. The Hall–Kier alpha value is -1.32. The number of nitrogens with one attached hydrogen (secondary N) is 2. The Morgan fingerprint density at radius 1 is 1.27 bits per heavy atom. The maximum atomic E-state index is 3.70. The molecule has 0 spiro atoms. The minimum absolute atomic E-state index is 0.840. The molecule has 3 rings (SSSR count). The first kappa shape index (κ1) is 15.6. The lowest BCUT2D eigenvalue weighted by Gasteiger charge is -2.22. The lowest BCUT2D eigenvalue weighted by Crippen LogP contribution is -2.33. The van der Waals surface area contributed by atoms with Gasteiger partial charge in [0.25, 0.3) is 0 Å². The van der Waals surface area contributed by atoms with Crippen LogP contribution in [0.5, 0.6) is 0 Å². The maximum Gasteiger partial charge on any atom is 0.0483 e. The Morgan fingerprint density at radius 2 is 2.09 bits per heavy atom. The smallest absolute Gasteiger partial charge is 0.0483 e. The van der Waals surface area contributed by atoms with Crippen LogP contribution >= 0.6 is 0 Å². The van der Waals surface area contributed by atoms with E-state index in [1.54, 1.807) is 0 Å². The summed E-state index contributed by atoms with van der Waals surface area (Å²) in [6.45, 7) is 10.0. The van der Waals surface area contributed by atoms with Gasteiger partial charge < -0.3 is 15.2 Å². The van der Waals surface area contributed by atoms with Crippen LogP contribution in [0.15, 0.2) is 24.4 Å². The normalized spacial score (nSPS) is 16.5. The van der Waals surface area contributed by atoms with Gasteiger partial charge in [-0.05, 0) is 69.4 Å². The van der Waals surface area contributed by atoms with Gasteiger partial charge in [-0.3, -0.25) is 0 Å². The number of rotatable bonds is 6. The van der Waals surface area contributed by atoms with Gasteiger partial charge in [0.2, 0.25) is 0 Å². The van der Waals surface area contributed by atoms with E-state index in [0.29, 0.717) is 0 Å². The maximum absolute atomic E-state index is 3.70. The van der Waals surface area contributed by atoms with E-state index in [2.05, 4.69) is 53.4 Å². The van der Waals surface area contributed by atoms with Crippen LogP contribution in [0.4, 0.5) is 0 Å². The number of piperidine rings is 1. The number of nitrogens with zero attached hydrogens (tertiary/aromatic N) is 1. The van der Waals surface area contributed by atoms with Crippen molar-refractivity contribution < 1.29 is 0 Å². The van der Waals surface area contributed by atoms with Crippen LogP contribution in [0.3, 0.4) is 0 Å². The first-order valence-corrected chi connectivity index (χ1v) is 8.77. The number of hydrogen-bond acceptors (Lipinski definition) is 2. The van der Waals surface area contributed by atoms with Crippen molar-refractivity contribution in [3.63, 3.8) is 0 Å². The Bertz CT molecular complexity index is 608. The van der Waals surface area contributed by atoms with Crippen LogP contribution in [0.2, 0.25) is 0 Å². The fraction of sp³-hybridized carbons (Fsp3) is 0.579. The van der Waals surface area contributed by atoms with E-state index in [1.165, 1.54) is 54.4 Å². The average molecular weight is 299 g/mol. The van der Waals surface area contributed by atoms with Crippen molar-refractivity contribution in [1.82, 2.24) is 15.2 Å². The summed E-state index contributed by atoms with van der Waals surface area (Å²) in [5.41, 5.74) is 4.17. The van der Waals surface area contributed by atoms with E-state index < -0.39 is 0 Å². The standard InChI is InChI=1S/C19H29N3/c1-3-10-22-14-17(18-11-15(2)4-5-19(18)22)13-21-12-16-6-8-20-9-7-16/h4-5,11,14,16,20-21H,3,6-10,12-13H2,1-2H3. The summed E-state index contributed by atoms with van der Waals surface area (Å²) in [6.07, 6.45) is 6.15. The van der Waals surface area contributed by atoms with Crippen LogP contribution in [0.25, 0.3) is 10.9 Å². The molecule has 0 radical (unpaired) electrons. The van der Waals surface area contributed by atoms with Crippen LogP contribution < -0.4 is 10.6 Å². The molecule has 2 heterocycles. The van der Waals surface area contributed by atoms with Crippen molar-refractivity contribution in [2.24, 2.45) is 5.92 Å². The largest absolute Gasteiger partial charge is 0.347 e.